The van der Waals surface area contributed by atoms with Gasteiger partial charge >= 0.3 is 5.97 Å². The third-order valence-electron chi connectivity index (χ3n) is 4.73. The Balaban J connectivity index is 0.000000491. The maximum atomic E-state index is 11.5. The normalized spacial score (nSPS) is 13.5. The zero-order valence-corrected chi connectivity index (χ0v) is 19.4. The summed E-state index contributed by atoms with van der Waals surface area (Å²) < 4.78 is 3.44. The number of aryl methyl sites for hydroxylation is 1. The van der Waals surface area contributed by atoms with E-state index in [4.69, 9.17) is 5.11 Å². The van der Waals surface area contributed by atoms with Crippen molar-refractivity contribution in [2.24, 2.45) is 0 Å². The number of carbonyl (C=O) groups is 1. The molecular weight excluding hydrogens is 406 g/mol. The van der Waals surface area contributed by atoms with Crippen molar-refractivity contribution >= 4 is 34.4 Å². The molecule has 0 radical (unpaired) electrons. The van der Waals surface area contributed by atoms with Crippen LogP contribution in [0.4, 0.5) is 5.69 Å². The van der Waals surface area contributed by atoms with Crippen molar-refractivity contribution in [3.8, 4) is 11.1 Å². The van der Waals surface area contributed by atoms with Crippen molar-refractivity contribution in [1.82, 2.24) is 0 Å². The first kappa shape index (κ1) is 23.2. The number of aliphatic carboxylic acids is 1. The average molecular weight is 438 g/mol. The van der Waals surface area contributed by atoms with Gasteiger partial charge in [0.05, 0.1) is 12.0 Å². The first-order valence-electron chi connectivity index (χ1n) is 10.6. The lowest BCUT2D eigenvalue weighted by Crippen LogP contribution is -2.10. The number of rotatable bonds is 6. The smallest absolute Gasteiger partial charge is 0.307 e. The molecule has 4 nitrogen and oxygen atoms in total. The second-order valence-electron chi connectivity index (χ2n) is 9.01. The van der Waals surface area contributed by atoms with Gasteiger partial charge in [-0.2, -0.15) is 0 Å². The molecule has 31 heavy (non-hydrogen) atoms. The van der Waals surface area contributed by atoms with E-state index in [0.717, 1.165) is 44.0 Å². The Morgan fingerprint density at radius 2 is 1.77 bits per heavy atom. The predicted molar refractivity (Wildman–Crippen MR) is 132 cm³/mol. The second kappa shape index (κ2) is 9.75. The van der Waals surface area contributed by atoms with Gasteiger partial charge in [-0.05, 0) is 97.6 Å². The van der Waals surface area contributed by atoms with Gasteiger partial charge in [-0.3, -0.25) is 4.79 Å². The number of benzene rings is 3. The van der Waals surface area contributed by atoms with E-state index in [0.29, 0.717) is 0 Å². The van der Waals surface area contributed by atoms with Crippen LogP contribution in [0.5, 0.6) is 0 Å². The summed E-state index contributed by atoms with van der Waals surface area (Å²) in [6.45, 7) is 7.23. The number of carboxylic acids is 1. The van der Waals surface area contributed by atoms with Crippen LogP contribution in [0.15, 0.2) is 54.6 Å². The Labute approximate surface area is 188 Å². The molecule has 0 spiro atoms. The van der Waals surface area contributed by atoms with Gasteiger partial charge in [0.2, 0.25) is 0 Å². The first-order valence-corrected chi connectivity index (χ1v) is 11.5. The molecule has 1 saturated carbocycles. The summed E-state index contributed by atoms with van der Waals surface area (Å²) in [7, 11) is 0. The summed E-state index contributed by atoms with van der Waals surface area (Å²) in [6, 6.07) is 18.6. The highest BCUT2D eigenvalue weighted by Crippen LogP contribution is 2.38. The Kier molecular flexibility index (Phi) is 7.29. The van der Waals surface area contributed by atoms with Gasteiger partial charge in [-0.15, -0.1) is 0 Å². The molecule has 0 aliphatic heterocycles. The SMILES string of the molecule is CC(C)(C)O.Cc1cc2ccccc2c(-c2cccc(NSC3CC3)c2)c1CC(=O)O. The molecule has 1 aliphatic rings. The lowest BCUT2D eigenvalue weighted by molar-refractivity contribution is -0.136. The van der Waals surface area contributed by atoms with Crippen LogP contribution in [0.3, 0.4) is 0 Å². The molecule has 164 valence electrons. The van der Waals surface area contributed by atoms with Crippen molar-refractivity contribution in [1.29, 1.82) is 0 Å². The topological polar surface area (TPSA) is 69.6 Å². The number of nitrogens with one attached hydrogen (secondary N) is 1. The lowest BCUT2D eigenvalue weighted by Gasteiger charge is -2.16. The van der Waals surface area contributed by atoms with Crippen LogP contribution < -0.4 is 4.72 Å². The van der Waals surface area contributed by atoms with Crippen LogP contribution in [-0.2, 0) is 11.2 Å². The van der Waals surface area contributed by atoms with E-state index in [2.05, 4.69) is 41.1 Å². The van der Waals surface area contributed by atoms with Gasteiger partial charge in [0.15, 0.2) is 0 Å². The Hall–Kier alpha value is -2.50. The molecule has 0 unspecified atom stereocenters. The molecule has 1 fully saturated rings. The second-order valence-corrected chi connectivity index (χ2v) is 10.1. The third kappa shape index (κ3) is 7.01. The monoisotopic (exact) mass is 437 g/mol. The van der Waals surface area contributed by atoms with Gasteiger partial charge in [0.1, 0.15) is 0 Å². The predicted octanol–water partition coefficient (Wildman–Crippen LogP) is 6.44. The molecule has 3 N–H and O–H groups in total. The summed E-state index contributed by atoms with van der Waals surface area (Å²) in [5, 5.41) is 20.9. The van der Waals surface area contributed by atoms with Crippen LogP contribution >= 0.6 is 11.9 Å². The number of hydrogen-bond acceptors (Lipinski definition) is 4. The van der Waals surface area contributed by atoms with E-state index in [1.165, 1.54) is 12.8 Å². The van der Waals surface area contributed by atoms with Crippen LogP contribution in [-0.4, -0.2) is 27.0 Å². The molecule has 0 aromatic heterocycles. The van der Waals surface area contributed by atoms with E-state index < -0.39 is 11.6 Å². The number of carboxylic acid groups (broad SMARTS) is 1. The highest BCUT2D eigenvalue weighted by Gasteiger charge is 2.22. The largest absolute Gasteiger partial charge is 0.481 e. The third-order valence-corrected chi connectivity index (χ3v) is 5.89. The van der Waals surface area contributed by atoms with E-state index in [-0.39, 0.29) is 6.42 Å². The molecule has 5 heteroatoms. The van der Waals surface area contributed by atoms with Crippen LogP contribution in [0.1, 0.15) is 44.7 Å². The highest BCUT2D eigenvalue weighted by atomic mass is 32.2. The number of aliphatic hydroxyl groups is 1. The fourth-order valence-corrected chi connectivity index (χ4v) is 4.12. The molecule has 3 aromatic rings. The minimum absolute atomic E-state index is 0.0283. The molecule has 0 amide bonds. The van der Waals surface area contributed by atoms with Crippen molar-refractivity contribution < 1.29 is 15.0 Å². The summed E-state index contributed by atoms with van der Waals surface area (Å²) in [5.74, 6) is -0.803. The van der Waals surface area contributed by atoms with E-state index in [9.17, 15) is 9.90 Å². The summed E-state index contributed by atoms with van der Waals surface area (Å²) >= 11 is 1.78. The summed E-state index contributed by atoms with van der Waals surface area (Å²) in [6.07, 6.45) is 2.59. The minimum atomic E-state index is -0.803. The summed E-state index contributed by atoms with van der Waals surface area (Å²) in [5.41, 5.74) is 4.56. The zero-order valence-electron chi connectivity index (χ0n) is 18.6. The molecule has 0 atom stereocenters. The van der Waals surface area contributed by atoms with Gasteiger partial charge in [0, 0.05) is 10.9 Å². The van der Waals surface area contributed by atoms with E-state index >= 15 is 0 Å². The quantitative estimate of drug-likeness (QED) is 0.387. The van der Waals surface area contributed by atoms with Gasteiger partial charge < -0.3 is 14.9 Å². The minimum Gasteiger partial charge on any atom is -0.481 e. The van der Waals surface area contributed by atoms with Gasteiger partial charge in [-0.1, -0.05) is 42.5 Å². The van der Waals surface area contributed by atoms with E-state index in [1.54, 1.807) is 32.7 Å². The van der Waals surface area contributed by atoms with Gasteiger partial charge in [0.25, 0.3) is 0 Å². The van der Waals surface area contributed by atoms with Crippen LogP contribution in [0.2, 0.25) is 0 Å². The van der Waals surface area contributed by atoms with Crippen molar-refractivity contribution in [2.75, 3.05) is 4.72 Å². The van der Waals surface area contributed by atoms with Gasteiger partial charge in [-0.25, -0.2) is 0 Å². The average Bonchev–Trinajstić information content (AvgIpc) is 3.50. The molecule has 0 saturated heterocycles. The van der Waals surface area contributed by atoms with Crippen molar-refractivity contribution in [3.05, 3.63) is 65.7 Å². The Morgan fingerprint density at radius 1 is 1.10 bits per heavy atom. The standard InChI is InChI=1S/C22H21NO2S.C4H10O/c1-14-11-15-5-2-3-8-19(15)22(20(14)13-21(24)25)16-6-4-7-17(12-16)23-26-18-9-10-18;1-4(2,3)5/h2-8,11-12,18,23H,9-10,13H2,1H3,(H,24,25);5H,1-3H3. The Morgan fingerprint density at radius 3 is 2.42 bits per heavy atom. The first-order chi connectivity index (χ1) is 14.6. The fourth-order valence-electron chi connectivity index (χ4n) is 3.31. The molecule has 4 rings (SSSR count). The highest BCUT2D eigenvalue weighted by molar-refractivity contribution is 8.01. The maximum Gasteiger partial charge on any atom is 0.307 e. The molecular formula is C26H31NO3S. The molecule has 3 aromatic carbocycles. The summed E-state index contributed by atoms with van der Waals surface area (Å²) in [4.78, 5) is 11.5. The van der Waals surface area contributed by atoms with Crippen LogP contribution in [0.25, 0.3) is 21.9 Å². The van der Waals surface area contributed by atoms with E-state index in [1.807, 2.05) is 25.1 Å². The lowest BCUT2D eigenvalue weighted by atomic mass is 9.88. The molecule has 0 bridgehead atoms. The van der Waals surface area contributed by atoms with Crippen molar-refractivity contribution in [3.63, 3.8) is 0 Å². The van der Waals surface area contributed by atoms with Crippen LogP contribution in [0, 0.1) is 6.92 Å². The molecule has 0 heterocycles. The Bertz CT molecular complexity index is 1060. The van der Waals surface area contributed by atoms with Crippen molar-refractivity contribution in [2.45, 2.75) is 57.8 Å². The number of hydrogen-bond donors (Lipinski definition) is 3. The number of fused-ring (bicyclic) bond motifs is 1. The number of anilines is 1. The zero-order chi connectivity index (χ0) is 22.6. The fraction of sp³-hybridized carbons (Fsp3) is 0.346. The molecule has 1 aliphatic carbocycles. The maximum absolute atomic E-state index is 11.5.